The Kier molecular flexibility index (Phi) is 1.87. The predicted octanol–water partition coefficient (Wildman–Crippen LogP) is 1.58. The first kappa shape index (κ1) is 8.44. The SMILES string of the molecule is CCCC1C(=O)C(C)(C)C1=O. The molecule has 0 aromatic carbocycles. The molecule has 0 aromatic heterocycles. The van der Waals surface area contributed by atoms with E-state index in [9.17, 15) is 9.59 Å². The lowest BCUT2D eigenvalue weighted by Crippen LogP contribution is -2.55. The van der Waals surface area contributed by atoms with E-state index >= 15 is 0 Å². The Morgan fingerprint density at radius 2 is 1.73 bits per heavy atom. The zero-order valence-corrected chi connectivity index (χ0v) is 7.31. The quantitative estimate of drug-likeness (QED) is 0.566. The maximum absolute atomic E-state index is 11.3. The summed E-state index contributed by atoms with van der Waals surface area (Å²) < 4.78 is 0. The van der Waals surface area contributed by atoms with Crippen LogP contribution in [0.4, 0.5) is 0 Å². The fourth-order valence-corrected chi connectivity index (χ4v) is 1.58. The molecule has 62 valence electrons. The molecule has 0 amide bonds. The third kappa shape index (κ3) is 1.01. The van der Waals surface area contributed by atoms with Crippen LogP contribution in [0.25, 0.3) is 0 Å². The van der Waals surface area contributed by atoms with Gasteiger partial charge in [-0.05, 0) is 20.3 Å². The number of carbonyl (C=O) groups excluding carboxylic acids is 2. The van der Waals surface area contributed by atoms with Crippen LogP contribution in [0.5, 0.6) is 0 Å². The van der Waals surface area contributed by atoms with Gasteiger partial charge in [0.25, 0.3) is 0 Å². The Balaban J connectivity index is 2.65. The molecule has 0 saturated heterocycles. The summed E-state index contributed by atoms with van der Waals surface area (Å²) in [5, 5.41) is 0. The average Bonchev–Trinajstić information content (AvgIpc) is 1.98. The van der Waals surface area contributed by atoms with Crippen LogP contribution >= 0.6 is 0 Å². The molecule has 0 spiro atoms. The summed E-state index contributed by atoms with van der Waals surface area (Å²) in [5.74, 6) is -0.0105. The Morgan fingerprint density at radius 1 is 1.27 bits per heavy atom. The van der Waals surface area contributed by atoms with Gasteiger partial charge in [0.2, 0.25) is 0 Å². The topological polar surface area (TPSA) is 34.1 Å². The third-order valence-electron chi connectivity index (χ3n) is 2.44. The molecular weight excluding hydrogens is 140 g/mol. The number of Topliss-reactive ketones (excluding diaryl/α,β-unsaturated/α-hetero) is 2. The van der Waals surface area contributed by atoms with Crippen molar-refractivity contribution in [1.82, 2.24) is 0 Å². The highest BCUT2D eigenvalue weighted by atomic mass is 16.2. The number of rotatable bonds is 2. The lowest BCUT2D eigenvalue weighted by atomic mass is 9.60. The Hall–Kier alpha value is -0.660. The third-order valence-corrected chi connectivity index (χ3v) is 2.44. The minimum Gasteiger partial charge on any atom is -0.298 e. The van der Waals surface area contributed by atoms with E-state index < -0.39 is 5.41 Å². The van der Waals surface area contributed by atoms with Crippen molar-refractivity contribution in [2.24, 2.45) is 11.3 Å². The van der Waals surface area contributed by atoms with Crippen LogP contribution in [0.15, 0.2) is 0 Å². The first-order chi connectivity index (χ1) is 5.01. The largest absolute Gasteiger partial charge is 0.298 e. The first-order valence-corrected chi connectivity index (χ1v) is 4.10. The van der Waals surface area contributed by atoms with Gasteiger partial charge in [0.1, 0.15) is 0 Å². The van der Waals surface area contributed by atoms with E-state index in [-0.39, 0.29) is 17.5 Å². The predicted molar refractivity (Wildman–Crippen MR) is 42.2 cm³/mol. The molecule has 1 saturated carbocycles. The number of ketones is 2. The molecule has 0 atom stereocenters. The second-order valence-corrected chi connectivity index (χ2v) is 3.69. The van der Waals surface area contributed by atoms with E-state index in [4.69, 9.17) is 0 Å². The van der Waals surface area contributed by atoms with Crippen LogP contribution in [0, 0.1) is 11.3 Å². The van der Waals surface area contributed by atoms with Gasteiger partial charge < -0.3 is 0 Å². The van der Waals surface area contributed by atoms with E-state index in [0.29, 0.717) is 0 Å². The normalized spacial score (nSPS) is 23.5. The molecule has 0 heterocycles. The van der Waals surface area contributed by atoms with Gasteiger partial charge in [-0.1, -0.05) is 13.3 Å². The molecule has 0 bridgehead atoms. The van der Waals surface area contributed by atoms with Crippen LogP contribution in [0.1, 0.15) is 33.6 Å². The van der Waals surface area contributed by atoms with Crippen molar-refractivity contribution < 1.29 is 9.59 Å². The highest BCUT2D eigenvalue weighted by Gasteiger charge is 2.54. The van der Waals surface area contributed by atoms with Crippen LogP contribution in [-0.4, -0.2) is 11.6 Å². The summed E-state index contributed by atoms with van der Waals surface area (Å²) >= 11 is 0. The lowest BCUT2D eigenvalue weighted by Gasteiger charge is -2.38. The Labute approximate surface area is 67.0 Å². The lowest BCUT2D eigenvalue weighted by molar-refractivity contribution is -0.158. The van der Waals surface area contributed by atoms with Gasteiger partial charge in [0.05, 0.1) is 11.3 Å². The first-order valence-electron chi connectivity index (χ1n) is 4.10. The summed E-state index contributed by atoms with van der Waals surface area (Å²) in [6.07, 6.45) is 1.65. The van der Waals surface area contributed by atoms with Crippen molar-refractivity contribution in [3.05, 3.63) is 0 Å². The maximum Gasteiger partial charge on any atom is 0.156 e. The van der Waals surface area contributed by atoms with Crippen LogP contribution in [-0.2, 0) is 9.59 Å². The molecule has 1 aliphatic rings. The summed E-state index contributed by atoms with van der Waals surface area (Å²) in [7, 11) is 0. The number of carbonyl (C=O) groups is 2. The van der Waals surface area contributed by atoms with E-state index in [1.807, 2.05) is 6.92 Å². The molecule has 0 aromatic rings. The average molecular weight is 154 g/mol. The molecule has 1 fully saturated rings. The van der Waals surface area contributed by atoms with Crippen molar-refractivity contribution in [1.29, 1.82) is 0 Å². The molecule has 0 unspecified atom stereocenters. The molecule has 0 radical (unpaired) electrons. The second kappa shape index (κ2) is 2.43. The van der Waals surface area contributed by atoms with Gasteiger partial charge in [-0.2, -0.15) is 0 Å². The van der Waals surface area contributed by atoms with Crippen LogP contribution in [0.3, 0.4) is 0 Å². The standard InChI is InChI=1S/C9H14O2/c1-4-5-6-7(10)9(2,3)8(6)11/h6H,4-5H2,1-3H3. The van der Waals surface area contributed by atoms with Gasteiger partial charge in [-0.15, -0.1) is 0 Å². The fourth-order valence-electron chi connectivity index (χ4n) is 1.58. The van der Waals surface area contributed by atoms with E-state index in [1.54, 1.807) is 13.8 Å². The summed E-state index contributed by atoms with van der Waals surface area (Å²) in [4.78, 5) is 22.5. The number of hydrogen-bond acceptors (Lipinski definition) is 2. The maximum atomic E-state index is 11.3. The second-order valence-electron chi connectivity index (χ2n) is 3.69. The van der Waals surface area contributed by atoms with Crippen molar-refractivity contribution in [2.75, 3.05) is 0 Å². The van der Waals surface area contributed by atoms with Gasteiger partial charge in [-0.3, -0.25) is 9.59 Å². The van der Waals surface area contributed by atoms with Crippen molar-refractivity contribution in [2.45, 2.75) is 33.6 Å². The molecule has 2 heteroatoms. The monoisotopic (exact) mass is 154 g/mol. The minimum absolute atomic E-state index is 0.129. The van der Waals surface area contributed by atoms with Gasteiger partial charge in [0.15, 0.2) is 11.6 Å². The van der Waals surface area contributed by atoms with Gasteiger partial charge in [0, 0.05) is 0 Å². The van der Waals surface area contributed by atoms with E-state index in [0.717, 1.165) is 12.8 Å². The molecule has 0 N–H and O–H groups in total. The van der Waals surface area contributed by atoms with E-state index in [2.05, 4.69) is 0 Å². The highest BCUT2D eigenvalue weighted by molar-refractivity contribution is 6.26. The van der Waals surface area contributed by atoms with E-state index in [1.165, 1.54) is 0 Å². The number of hydrogen-bond donors (Lipinski definition) is 0. The summed E-state index contributed by atoms with van der Waals surface area (Å²) in [6.45, 7) is 5.42. The summed E-state index contributed by atoms with van der Waals surface area (Å²) in [5.41, 5.74) is -0.667. The smallest absolute Gasteiger partial charge is 0.156 e. The molecule has 0 aliphatic heterocycles. The summed E-state index contributed by atoms with van der Waals surface area (Å²) in [6, 6.07) is 0. The molecule has 2 nitrogen and oxygen atoms in total. The van der Waals surface area contributed by atoms with Crippen molar-refractivity contribution >= 4 is 11.6 Å². The zero-order valence-electron chi connectivity index (χ0n) is 7.31. The molecule has 1 rings (SSSR count). The zero-order chi connectivity index (χ0) is 8.65. The fraction of sp³-hybridized carbons (Fsp3) is 0.778. The van der Waals surface area contributed by atoms with Crippen LogP contribution < -0.4 is 0 Å². The Bertz CT molecular complexity index is 186. The van der Waals surface area contributed by atoms with Crippen molar-refractivity contribution in [3.8, 4) is 0 Å². The van der Waals surface area contributed by atoms with Crippen molar-refractivity contribution in [3.63, 3.8) is 0 Å². The van der Waals surface area contributed by atoms with Gasteiger partial charge >= 0.3 is 0 Å². The van der Waals surface area contributed by atoms with Crippen LogP contribution in [0.2, 0.25) is 0 Å². The molecule has 11 heavy (non-hydrogen) atoms. The highest BCUT2D eigenvalue weighted by Crippen LogP contribution is 2.39. The molecular formula is C9H14O2. The Morgan fingerprint density at radius 3 is 2.09 bits per heavy atom. The minimum atomic E-state index is -0.667. The van der Waals surface area contributed by atoms with Gasteiger partial charge in [-0.25, -0.2) is 0 Å². The molecule has 1 aliphatic carbocycles.